The summed E-state index contributed by atoms with van der Waals surface area (Å²) in [6.07, 6.45) is 2.16. The van der Waals surface area contributed by atoms with E-state index in [4.69, 9.17) is 4.74 Å². The summed E-state index contributed by atoms with van der Waals surface area (Å²) >= 11 is 0. The highest BCUT2D eigenvalue weighted by Crippen LogP contribution is 2.17. The summed E-state index contributed by atoms with van der Waals surface area (Å²) in [6.45, 7) is 3.67. The lowest BCUT2D eigenvalue weighted by atomic mass is 9.98. The summed E-state index contributed by atoms with van der Waals surface area (Å²) in [5, 5.41) is 0. The number of Topliss-reactive ketones (excluding diaryl/α,β-unsaturated/α-hetero) is 1. The average Bonchev–Trinajstić information content (AvgIpc) is 2.17. The summed E-state index contributed by atoms with van der Waals surface area (Å²) in [5.41, 5.74) is 0. The van der Waals surface area contributed by atoms with Gasteiger partial charge in [0.1, 0.15) is 5.78 Å². The van der Waals surface area contributed by atoms with Crippen LogP contribution in [0, 0.1) is 5.92 Å². The van der Waals surface area contributed by atoms with Crippen molar-refractivity contribution in [3.8, 4) is 0 Å². The van der Waals surface area contributed by atoms with Crippen LogP contribution in [0.4, 0.5) is 0 Å². The molecule has 1 saturated heterocycles. The van der Waals surface area contributed by atoms with Crippen LogP contribution < -0.4 is 0 Å². The van der Waals surface area contributed by atoms with Crippen molar-refractivity contribution >= 4 is 11.7 Å². The van der Waals surface area contributed by atoms with Crippen LogP contribution in [0.5, 0.6) is 0 Å². The van der Waals surface area contributed by atoms with E-state index in [2.05, 4.69) is 0 Å². The molecule has 1 aliphatic rings. The highest BCUT2D eigenvalue weighted by Gasteiger charge is 2.23. The Kier molecular flexibility index (Phi) is 4.75. The second-order valence-electron chi connectivity index (χ2n) is 4.18. The van der Waals surface area contributed by atoms with Crippen molar-refractivity contribution in [2.45, 2.75) is 26.2 Å². The van der Waals surface area contributed by atoms with Crippen LogP contribution in [0.15, 0.2) is 0 Å². The van der Waals surface area contributed by atoms with Gasteiger partial charge in [0, 0.05) is 20.2 Å². The average molecular weight is 213 g/mol. The monoisotopic (exact) mass is 213 g/mol. The minimum atomic E-state index is -0.0612. The first-order chi connectivity index (χ1) is 7.13. The van der Waals surface area contributed by atoms with Gasteiger partial charge in [-0.3, -0.25) is 9.59 Å². The van der Waals surface area contributed by atoms with Crippen molar-refractivity contribution in [3.05, 3.63) is 0 Å². The van der Waals surface area contributed by atoms with Crippen LogP contribution in [-0.2, 0) is 14.3 Å². The van der Waals surface area contributed by atoms with E-state index in [1.807, 2.05) is 0 Å². The Morgan fingerprint density at radius 3 is 2.80 bits per heavy atom. The van der Waals surface area contributed by atoms with Gasteiger partial charge in [-0.1, -0.05) is 0 Å². The summed E-state index contributed by atoms with van der Waals surface area (Å²) in [4.78, 5) is 24.2. The third-order valence-electron chi connectivity index (χ3n) is 2.67. The highest BCUT2D eigenvalue weighted by molar-refractivity contribution is 5.96. The quantitative estimate of drug-likeness (QED) is 0.650. The molecule has 0 saturated carbocycles. The van der Waals surface area contributed by atoms with E-state index < -0.39 is 0 Å². The summed E-state index contributed by atoms with van der Waals surface area (Å²) in [7, 11) is 1.68. The molecule has 0 radical (unpaired) electrons. The fourth-order valence-corrected chi connectivity index (χ4v) is 1.99. The normalized spacial score (nSPS) is 21.5. The molecule has 1 rings (SSSR count). The van der Waals surface area contributed by atoms with E-state index in [1.54, 1.807) is 12.0 Å². The molecule has 0 bridgehead atoms. The van der Waals surface area contributed by atoms with Crippen molar-refractivity contribution < 1.29 is 14.3 Å². The van der Waals surface area contributed by atoms with Gasteiger partial charge < -0.3 is 9.64 Å². The molecule has 1 amide bonds. The Morgan fingerprint density at radius 1 is 1.47 bits per heavy atom. The number of rotatable bonds is 4. The molecule has 86 valence electrons. The van der Waals surface area contributed by atoms with Gasteiger partial charge in [-0.2, -0.15) is 0 Å². The Labute approximate surface area is 90.6 Å². The van der Waals surface area contributed by atoms with Crippen LogP contribution in [0.1, 0.15) is 26.2 Å². The molecule has 1 atom stereocenters. The number of amides is 1. The summed E-state index contributed by atoms with van der Waals surface area (Å²) < 4.78 is 5.09. The molecule has 1 aliphatic heterocycles. The minimum absolute atomic E-state index is 0.0386. The molecule has 1 heterocycles. The van der Waals surface area contributed by atoms with Crippen molar-refractivity contribution in [1.29, 1.82) is 0 Å². The number of piperidine rings is 1. The molecule has 0 spiro atoms. The van der Waals surface area contributed by atoms with E-state index >= 15 is 0 Å². The van der Waals surface area contributed by atoms with Gasteiger partial charge in [-0.05, 0) is 25.7 Å². The molecule has 4 heteroatoms. The maximum atomic E-state index is 11.6. The van der Waals surface area contributed by atoms with Crippen molar-refractivity contribution in [3.63, 3.8) is 0 Å². The van der Waals surface area contributed by atoms with Crippen molar-refractivity contribution in [2.75, 3.05) is 26.8 Å². The number of ketones is 1. The van der Waals surface area contributed by atoms with Crippen LogP contribution in [0.3, 0.4) is 0 Å². The first-order valence-corrected chi connectivity index (χ1v) is 5.39. The minimum Gasteiger partial charge on any atom is -0.384 e. The molecule has 0 aromatic rings. The number of methoxy groups -OCH3 is 1. The van der Waals surface area contributed by atoms with Gasteiger partial charge in [0.15, 0.2) is 0 Å². The maximum Gasteiger partial charge on any atom is 0.230 e. The number of likely N-dealkylation sites (tertiary alicyclic amines) is 1. The number of ether oxygens (including phenoxy) is 1. The number of carbonyl (C=O) groups is 2. The van der Waals surface area contributed by atoms with Crippen molar-refractivity contribution in [1.82, 2.24) is 4.90 Å². The SMILES string of the molecule is COCC1CCCN(C(=O)CC(C)=O)C1. The Hall–Kier alpha value is -0.900. The molecule has 0 aliphatic carbocycles. The predicted octanol–water partition coefficient (Wildman–Crippen LogP) is 0.851. The van der Waals surface area contributed by atoms with Gasteiger partial charge in [-0.25, -0.2) is 0 Å². The van der Waals surface area contributed by atoms with Gasteiger partial charge in [0.2, 0.25) is 5.91 Å². The zero-order valence-electron chi connectivity index (χ0n) is 9.49. The largest absolute Gasteiger partial charge is 0.384 e. The zero-order chi connectivity index (χ0) is 11.3. The predicted molar refractivity (Wildman–Crippen MR) is 56.5 cm³/mol. The molecule has 0 aromatic carbocycles. The lowest BCUT2D eigenvalue weighted by Gasteiger charge is -2.32. The first-order valence-electron chi connectivity index (χ1n) is 5.39. The van der Waals surface area contributed by atoms with E-state index in [0.29, 0.717) is 12.5 Å². The van der Waals surface area contributed by atoms with Gasteiger partial charge >= 0.3 is 0 Å². The number of hydrogen-bond donors (Lipinski definition) is 0. The highest BCUT2D eigenvalue weighted by atomic mass is 16.5. The Bertz CT molecular complexity index is 238. The Balaban J connectivity index is 2.41. The fourth-order valence-electron chi connectivity index (χ4n) is 1.99. The lowest BCUT2D eigenvalue weighted by molar-refractivity contribution is -0.136. The second-order valence-corrected chi connectivity index (χ2v) is 4.18. The smallest absolute Gasteiger partial charge is 0.230 e. The van der Waals surface area contributed by atoms with E-state index in [0.717, 1.165) is 25.9 Å². The molecule has 0 N–H and O–H groups in total. The Morgan fingerprint density at radius 2 is 2.20 bits per heavy atom. The van der Waals surface area contributed by atoms with Crippen LogP contribution in [-0.4, -0.2) is 43.4 Å². The third-order valence-corrected chi connectivity index (χ3v) is 2.67. The van der Waals surface area contributed by atoms with Gasteiger partial charge in [0.05, 0.1) is 13.0 Å². The first kappa shape index (κ1) is 12.2. The second kappa shape index (κ2) is 5.85. The topological polar surface area (TPSA) is 46.6 Å². The molecule has 1 unspecified atom stereocenters. The number of hydrogen-bond acceptors (Lipinski definition) is 3. The lowest BCUT2D eigenvalue weighted by Crippen LogP contribution is -2.41. The molecular weight excluding hydrogens is 194 g/mol. The van der Waals surface area contributed by atoms with Crippen LogP contribution >= 0.6 is 0 Å². The maximum absolute atomic E-state index is 11.6. The van der Waals surface area contributed by atoms with Gasteiger partial charge in [-0.15, -0.1) is 0 Å². The molecule has 0 aromatic heterocycles. The van der Waals surface area contributed by atoms with E-state index in [1.165, 1.54) is 6.92 Å². The number of nitrogens with zero attached hydrogens (tertiary/aromatic N) is 1. The molecular formula is C11H19NO3. The van der Waals surface area contributed by atoms with Crippen LogP contribution in [0.25, 0.3) is 0 Å². The summed E-state index contributed by atoms with van der Waals surface area (Å²) in [5.74, 6) is 0.330. The van der Waals surface area contributed by atoms with Crippen molar-refractivity contribution in [2.24, 2.45) is 5.92 Å². The molecule has 1 fully saturated rings. The fraction of sp³-hybridized carbons (Fsp3) is 0.818. The van der Waals surface area contributed by atoms with E-state index in [9.17, 15) is 9.59 Å². The number of carbonyl (C=O) groups excluding carboxylic acids is 2. The third kappa shape index (κ3) is 4.00. The van der Waals surface area contributed by atoms with E-state index in [-0.39, 0.29) is 18.1 Å². The van der Waals surface area contributed by atoms with Gasteiger partial charge in [0.25, 0.3) is 0 Å². The molecule has 15 heavy (non-hydrogen) atoms. The summed E-state index contributed by atoms with van der Waals surface area (Å²) in [6, 6.07) is 0. The standard InChI is InChI=1S/C11H19NO3/c1-9(13)6-11(14)12-5-3-4-10(7-12)8-15-2/h10H,3-8H2,1-2H3. The zero-order valence-corrected chi connectivity index (χ0v) is 9.49. The molecule has 4 nitrogen and oxygen atoms in total. The van der Waals surface area contributed by atoms with Crippen LogP contribution in [0.2, 0.25) is 0 Å².